The zero-order valence-electron chi connectivity index (χ0n) is 19.0. The molecule has 0 amide bonds. The molecule has 0 saturated carbocycles. The van der Waals surface area contributed by atoms with Crippen LogP contribution in [0.1, 0.15) is 63.5 Å². The first-order valence-electron chi connectivity index (χ1n) is 10.4. The van der Waals surface area contributed by atoms with Gasteiger partial charge in [0, 0.05) is 5.92 Å². The lowest BCUT2D eigenvalue weighted by Gasteiger charge is -2.39. The van der Waals surface area contributed by atoms with E-state index in [-0.39, 0.29) is 24.0 Å². The second-order valence-corrected chi connectivity index (χ2v) is 8.08. The first-order valence-corrected chi connectivity index (χ1v) is 10.4. The Balaban J connectivity index is 3.61. The molecule has 1 radical (unpaired) electrons. The molecular formula is C22H27F6O6. The van der Waals surface area contributed by atoms with Crippen LogP contribution >= 0.6 is 0 Å². The molecule has 2 N–H and O–H groups in total. The molecule has 1 aromatic carbocycles. The predicted molar refractivity (Wildman–Crippen MR) is 107 cm³/mol. The minimum atomic E-state index is -5.10. The van der Waals surface area contributed by atoms with Gasteiger partial charge >= 0.3 is 24.7 Å². The molecule has 1 rings (SSSR count). The van der Waals surface area contributed by atoms with Crippen molar-refractivity contribution in [2.45, 2.75) is 65.1 Å². The summed E-state index contributed by atoms with van der Waals surface area (Å²) >= 11 is 0. The van der Waals surface area contributed by atoms with E-state index in [1.54, 1.807) is 0 Å². The number of rotatable bonds is 12. The van der Waals surface area contributed by atoms with E-state index < -0.39 is 60.5 Å². The summed E-state index contributed by atoms with van der Waals surface area (Å²) in [6, 6.07) is 6.93. The van der Waals surface area contributed by atoms with E-state index in [2.05, 4.69) is 15.5 Å². The van der Waals surface area contributed by atoms with Gasteiger partial charge in [0.15, 0.2) is 0 Å². The standard InChI is InChI=1S/C22H27F6O6/c1-5-19(17(29)30,11-33-21(23,24)25)13(3)15-9-7-8-10-16(15)14(4)20(6-2,18(31)32)12-34-22(26,27)28/h7-9,13-14H,5-6,11-12H2,1-4H3,(H,29,30)(H,31,32). The summed E-state index contributed by atoms with van der Waals surface area (Å²) in [5.74, 6) is -5.49. The molecule has 0 saturated heterocycles. The van der Waals surface area contributed by atoms with Gasteiger partial charge in [0.2, 0.25) is 0 Å². The molecule has 0 fully saturated rings. The maximum absolute atomic E-state index is 12.7. The van der Waals surface area contributed by atoms with Gasteiger partial charge < -0.3 is 10.2 Å². The number of ether oxygens (including phenoxy) is 2. The number of carboxylic acid groups (broad SMARTS) is 2. The lowest BCUT2D eigenvalue weighted by Crippen LogP contribution is -2.44. The zero-order chi connectivity index (χ0) is 26.5. The highest BCUT2D eigenvalue weighted by atomic mass is 19.4. The Morgan fingerprint density at radius 2 is 1.29 bits per heavy atom. The van der Waals surface area contributed by atoms with Crippen molar-refractivity contribution in [1.29, 1.82) is 0 Å². The quantitative estimate of drug-likeness (QED) is 0.356. The smallest absolute Gasteiger partial charge is 0.481 e. The number of hydrogen-bond acceptors (Lipinski definition) is 4. The summed E-state index contributed by atoms with van der Waals surface area (Å²) in [7, 11) is 0. The fraction of sp³-hybridized carbons (Fsp3) is 0.636. The average molecular weight is 501 g/mol. The minimum Gasteiger partial charge on any atom is -0.481 e. The highest BCUT2D eigenvalue weighted by Crippen LogP contribution is 2.47. The molecule has 1 aromatic rings. The zero-order valence-corrected chi connectivity index (χ0v) is 19.0. The largest absolute Gasteiger partial charge is 0.522 e. The Morgan fingerprint density at radius 1 is 0.882 bits per heavy atom. The number of carbonyl (C=O) groups is 2. The van der Waals surface area contributed by atoms with Crippen LogP contribution in [0.15, 0.2) is 18.2 Å². The first kappa shape index (κ1) is 29.7. The fourth-order valence-electron chi connectivity index (χ4n) is 4.07. The minimum absolute atomic E-state index is 0.0658. The van der Waals surface area contributed by atoms with E-state index in [1.807, 2.05) is 0 Å². The number of benzene rings is 1. The van der Waals surface area contributed by atoms with Crippen molar-refractivity contribution >= 4 is 11.9 Å². The van der Waals surface area contributed by atoms with Crippen molar-refractivity contribution in [3.63, 3.8) is 0 Å². The van der Waals surface area contributed by atoms with Gasteiger partial charge in [0.25, 0.3) is 0 Å². The first-order chi connectivity index (χ1) is 15.5. The monoisotopic (exact) mass is 501 g/mol. The summed E-state index contributed by atoms with van der Waals surface area (Å²) in [6.07, 6.45) is -10.8. The maximum Gasteiger partial charge on any atom is 0.522 e. The van der Waals surface area contributed by atoms with Gasteiger partial charge in [-0.25, -0.2) is 0 Å². The Morgan fingerprint density at radius 3 is 1.65 bits per heavy atom. The molecule has 34 heavy (non-hydrogen) atoms. The van der Waals surface area contributed by atoms with Gasteiger partial charge in [-0.05, 0) is 36.0 Å². The van der Waals surface area contributed by atoms with Crippen LogP contribution in [0.5, 0.6) is 0 Å². The Labute approximate surface area is 192 Å². The average Bonchev–Trinajstić information content (AvgIpc) is 2.73. The van der Waals surface area contributed by atoms with Gasteiger partial charge in [0.05, 0.1) is 24.0 Å². The summed E-state index contributed by atoms with van der Waals surface area (Å²) in [5.41, 5.74) is -3.95. The van der Waals surface area contributed by atoms with E-state index in [4.69, 9.17) is 0 Å². The van der Waals surface area contributed by atoms with E-state index in [0.29, 0.717) is 0 Å². The molecule has 6 nitrogen and oxygen atoms in total. The van der Waals surface area contributed by atoms with Crippen LogP contribution in [0.4, 0.5) is 26.3 Å². The van der Waals surface area contributed by atoms with Gasteiger partial charge in [-0.2, -0.15) is 0 Å². The molecule has 0 aromatic heterocycles. The van der Waals surface area contributed by atoms with Gasteiger partial charge in [-0.3, -0.25) is 19.1 Å². The van der Waals surface area contributed by atoms with Crippen LogP contribution in [-0.2, 0) is 19.1 Å². The molecule has 4 unspecified atom stereocenters. The predicted octanol–water partition coefficient (Wildman–Crippen LogP) is 5.73. The normalized spacial score (nSPS) is 17.9. The summed E-state index contributed by atoms with van der Waals surface area (Å²) < 4.78 is 84.1. The van der Waals surface area contributed by atoms with E-state index in [0.717, 1.165) is 0 Å². The second-order valence-electron chi connectivity index (χ2n) is 8.08. The SMILES string of the molecule is CCC(COC(F)(F)F)(C(=O)O)C(C)c1[c]cccc1C(C)C(CC)(COC(F)(F)F)C(=O)O. The molecule has 0 aliphatic carbocycles. The molecular weight excluding hydrogens is 474 g/mol. The molecule has 12 heteroatoms. The Kier molecular flexibility index (Phi) is 9.55. The van der Waals surface area contributed by atoms with E-state index >= 15 is 0 Å². The van der Waals surface area contributed by atoms with Crippen LogP contribution in [0.3, 0.4) is 0 Å². The van der Waals surface area contributed by atoms with Crippen molar-refractivity contribution < 1.29 is 55.6 Å². The van der Waals surface area contributed by atoms with E-state index in [9.17, 15) is 46.1 Å². The van der Waals surface area contributed by atoms with Crippen LogP contribution in [-0.4, -0.2) is 48.1 Å². The fourth-order valence-corrected chi connectivity index (χ4v) is 4.07. The third kappa shape index (κ3) is 6.62. The molecule has 0 aliphatic heterocycles. The molecule has 4 atom stereocenters. The van der Waals surface area contributed by atoms with Crippen molar-refractivity contribution in [3.8, 4) is 0 Å². The molecule has 193 valence electrons. The number of hydrogen-bond donors (Lipinski definition) is 2. The van der Waals surface area contributed by atoms with Crippen molar-refractivity contribution in [2.24, 2.45) is 10.8 Å². The third-order valence-corrected chi connectivity index (χ3v) is 6.58. The number of aliphatic carboxylic acids is 2. The number of carboxylic acids is 2. The van der Waals surface area contributed by atoms with Crippen LogP contribution < -0.4 is 0 Å². The highest BCUT2D eigenvalue weighted by Gasteiger charge is 2.50. The Bertz CT molecular complexity index is 786. The molecule has 0 bridgehead atoms. The van der Waals surface area contributed by atoms with E-state index in [1.165, 1.54) is 45.9 Å². The van der Waals surface area contributed by atoms with Crippen molar-refractivity contribution in [2.75, 3.05) is 13.2 Å². The number of halogens is 6. The lowest BCUT2D eigenvalue weighted by atomic mass is 9.65. The van der Waals surface area contributed by atoms with Gasteiger partial charge in [0.1, 0.15) is 0 Å². The molecule has 0 heterocycles. The van der Waals surface area contributed by atoms with Crippen molar-refractivity contribution in [1.82, 2.24) is 0 Å². The van der Waals surface area contributed by atoms with Gasteiger partial charge in [-0.1, -0.05) is 45.9 Å². The van der Waals surface area contributed by atoms with Crippen molar-refractivity contribution in [3.05, 3.63) is 35.4 Å². The Hall–Kier alpha value is -2.34. The second kappa shape index (κ2) is 10.9. The van der Waals surface area contributed by atoms with Crippen LogP contribution in [0.25, 0.3) is 0 Å². The molecule has 0 spiro atoms. The lowest BCUT2D eigenvalue weighted by molar-refractivity contribution is -0.334. The summed E-state index contributed by atoms with van der Waals surface area (Å²) in [4.78, 5) is 24.3. The summed E-state index contributed by atoms with van der Waals surface area (Å²) in [5, 5.41) is 19.7. The van der Waals surface area contributed by atoms with Crippen LogP contribution in [0.2, 0.25) is 0 Å². The maximum atomic E-state index is 12.7. The topological polar surface area (TPSA) is 93.1 Å². The number of alkyl halides is 6. The molecule has 0 aliphatic rings. The van der Waals surface area contributed by atoms with Gasteiger partial charge in [-0.15, -0.1) is 26.3 Å². The highest BCUT2D eigenvalue weighted by molar-refractivity contribution is 5.77. The third-order valence-electron chi connectivity index (χ3n) is 6.58. The summed E-state index contributed by atoms with van der Waals surface area (Å²) in [6.45, 7) is 2.96. The van der Waals surface area contributed by atoms with Crippen LogP contribution in [0, 0.1) is 16.9 Å².